The molecule has 1 atom stereocenters. The number of hydrogen-bond donors (Lipinski definition) is 1. The molecule has 2 aromatic rings. The normalized spacial score (nSPS) is 15.9. The van der Waals surface area contributed by atoms with Crippen LogP contribution < -0.4 is 5.32 Å². The molecule has 3 rings (SSSR count). The molecule has 1 aliphatic heterocycles. The predicted octanol–water partition coefficient (Wildman–Crippen LogP) is 3.86. The monoisotopic (exact) mass is 402 g/mol. The Balaban J connectivity index is 1.49. The number of rotatable bonds is 8. The van der Waals surface area contributed by atoms with Crippen molar-refractivity contribution in [1.29, 1.82) is 0 Å². The van der Waals surface area contributed by atoms with Crippen molar-refractivity contribution in [3.63, 3.8) is 0 Å². The van der Waals surface area contributed by atoms with Crippen molar-refractivity contribution >= 4 is 23.1 Å². The van der Waals surface area contributed by atoms with Crippen molar-refractivity contribution in [3.8, 4) is 0 Å². The number of halogens is 1. The Morgan fingerprint density at radius 3 is 2.82 bits per heavy atom. The molecule has 1 aliphatic rings. The van der Waals surface area contributed by atoms with Crippen molar-refractivity contribution in [2.24, 2.45) is 0 Å². The number of hydrogen-bond acceptors (Lipinski definition) is 5. The molecule has 7 heteroatoms. The van der Waals surface area contributed by atoms with Gasteiger partial charge < -0.3 is 9.84 Å². The lowest BCUT2D eigenvalue weighted by molar-refractivity contribution is -0.121. The average molecular weight is 403 g/mol. The van der Waals surface area contributed by atoms with Gasteiger partial charge in [0.15, 0.2) is 5.82 Å². The highest BCUT2D eigenvalue weighted by molar-refractivity contribution is 6.30. The Bertz CT molecular complexity index is 816. The third-order valence-electron chi connectivity index (χ3n) is 4.95. The fourth-order valence-corrected chi connectivity index (χ4v) is 3.19. The van der Waals surface area contributed by atoms with Crippen LogP contribution >= 0.6 is 11.6 Å². The van der Waals surface area contributed by atoms with Crippen LogP contribution in [0.15, 0.2) is 34.9 Å². The number of aryl methyl sites for hydroxylation is 1. The van der Waals surface area contributed by atoms with Crippen molar-refractivity contribution in [2.45, 2.75) is 52.1 Å². The maximum atomic E-state index is 11.9. The van der Waals surface area contributed by atoms with Gasteiger partial charge in [-0.2, -0.15) is 4.98 Å². The van der Waals surface area contributed by atoms with Crippen molar-refractivity contribution in [3.05, 3.63) is 52.6 Å². The summed E-state index contributed by atoms with van der Waals surface area (Å²) in [6.45, 7) is 6.72. The second-order valence-electron chi connectivity index (χ2n) is 7.23. The molecule has 28 heavy (non-hydrogen) atoms. The molecule has 0 bridgehead atoms. The van der Waals surface area contributed by atoms with E-state index in [2.05, 4.69) is 38.6 Å². The number of aromatic nitrogens is 2. The van der Waals surface area contributed by atoms with Gasteiger partial charge in [0.2, 0.25) is 11.8 Å². The van der Waals surface area contributed by atoms with E-state index in [-0.39, 0.29) is 11.9 Å². The highest BCUT2D eigenvalue weighted by Gasteiger charge is 2.18. The zero-order chi connectivity index (χ0) is 19.9. The summed E-state index contributed by atoms with van der Waals surface area (Å²) in [4.78, 5) is 18.7. The number of carbonyl (C=O) groups is 1. The van der Waals surface area contributed by atoms with Gasteiger partial charge in [-0.05, 0) is 43.0 Å². The standard InChI is InChI=1S/C21H27ClN4O2/c1-3-15(2)23-19(27)8-9-20-24-21(25-28-20)17-10-12-26(13-11-17)14-16-4-6-18(22)7-5-16/h4-7,10,15H,3,8-9,11-14H2,1-2H3,(H,23,27). The molecule has 0 saturated carbocycles. The molecule has 2 heterocycles. The van der Waals surface area contributed by atoms with Crippen molar-refractivity contribution < 1.29 is 9.32 Å². The van der Waals surface area contributed by atoms with E-state index in [1.165, 1.54) is 5.56 Å². The van der Waals surface area contributed by atoms with Gasteiger partial charge in [0.25, 0.3) is 0 Å². The van der Waals surface area contributed by atoms with Crippen LogP contribution in [-0.4, -0.2) is 40.1 Å². The maximum absolute atomic E-state index is 11.9. The van der Waals surface area contributed by atoms with Gasteiger partial charge in [-0.25, -0.2) is 0 Å². The van der Waals surface area contributed by atoms with E-state index in [1.807, 2.05) is 26.0 Å². The van der Waals surface area contributed by atoms with Gasteiger partial charge in [0.05, 0.1) is 0 Å². The first kappa shape index (κ1) is 20.6. The van der Waals surface area contributed by atoms with Crippen LogP contribution in [0.2, 0.25) is 5.02 Å². The van der Waals surface area contributed by atoms with E-state index >= 15 is 0 Å². The fourth-order valence-electron chi connectivity index (χ4n) is 3.06. The van der Waals surface area contributed by atoms with Gasteiger partial charge >= 0.3 is 0 Å². The first-order valence-electron chi connectivity index (χ1n) is 9.81. The van der Waals surface area contributed by atoms with E-state index in [0.29, 0.717) is 24.6 Å². The molecule has 1 amide bonds. The number of benzene rings is 1. The van der Waals surface area contributed by atoms with E-state index in [9.17, 15) is 4.79 Å². The van der Waals surface area contributed by atoms with Crippen molar-refractivity contribution in [1.82, 2.24) is 20.4 Å². The third kappa shape index (κ3) is 5.91. The molecule has 0 spiro atoms. The Hall–Kier alpha value is -2.18. The zero-order valence-electron chi connectivity index (χ0n) is 16.4. The number of nitrogens with one attached hydrogen (secondary N) is 1. The van der Waals surface area contributed by atoms with Gasteiger partial charge in [-0.1, -0.05) is 41.9 Å². The Morgan fingerprint density at radius 1 is 1.36 bits per heavy atom. The number of carbonyl (C=O) groups excluding carboxylic acids is 1. The van der Waals surface area contributed by atoms with E-state index in [1.54, 1.807) is 0 Å². The van der Waals surface area contributed by atoms with Gasteiger partial charge in [0.1, 0.15) is 0 Å². The van der Waals surface area contributed by atoms with Crippen LogP contribution in [0.5, 0.6) is 0 Å². The summed E-state index contributed by atoms with van der Waals surface area (Å²) in [5, 5.41) is 7.80. The van der Waals surface area contributed by atoms with Crippen LogP contribution in [-0.2, 0) is 17.8 Å². The summed E-state index contributed by atoms with van der Waals surface area (Å²) in [6.07, 6.45) is 4.77. The minimum absolute atomic E-state index is 0.0174. The molecule has 1 aromatic carbocycles. The lowest BCUT2D eigenvalue weighted by atomic mass is 10.1. The Kier molecular flexibility index (Phi) is 7.23. The van der Waals surface area contributed by atoms with E-state index < -0.39 is 0 Å². The van der Waals surface area contributed by atoms with Crippen molar-refractivity contribution in [2.75, 3.05) is 13.1 Å². The molecule has 1 N–H and O–H groups in total. The fraction of sp³-hybridized carbons (Fsp3) is 0.476. The Morgan fingerprint density at radius 2 is 2.14 bits per heavy atom. The lowest BCUT2D eigenvalue weighted by Gasteiger charge is -2.25. The van der Waals surface area contributed by atoms with Crippen LogP contribution in [0.4, 0.5) is 0 Å². The summed E-state index contributed by atoms with van der Waals surface area (Å²) >= 11 is 5.94. The molecule has 0 fully saturated rings. The molecule has 6 nitrogen and oxygen atoms in total. The maximum Gasteiger partial charge on any atom is 0.227 e. The zero-order valence-corrected chi connectivity index (χ0v) is 17.2. The van der Waals surface area contributed by atoms with Crippen LogP contribution in [0.25, 0.3) is 5.57 Å². The summed E-state index contributed by atoms with van der Waals surface area (Å²) in [6, 6.07) is 8.15. The smallest absolute Gasteiger partial charge is 0.227 e. The molecule has 0 saturated heterocycles. The lowest BCUT2D eigenvalue weighted by Crippen LogP contribution is -2.32. The molecule has 1 unspecified atom stereocenters. The van der Waals surface area contributed by atoms with E-state index in [0.717, 1.165) is 43.1 Å². The minimum atomic E-state index is 0.0174. The predicted molar refractivity (Wildman–Crippen MR) is 110 cm³/mol. The molecule has 150 valence electrons. The van der Waals surface area contributed by atoms with Gasteiger partial charge in [-0.15, -0.1) is 0 Å². The molecule has 0 radical (unpaired) electrons. The minimum Gasteiger partial charge on any atom is -0.354 e. The average Bonchev–Trinajstić information content (AvgIpc) is 3.18. The second-order valence-corrected chi connectivity index (χ2v) is 7.67. The highest BCUT2D eigenvalue weighted by Crippen LogP contribution is 2.21. The number of nitrogens with zero attached hydrogens (tertiary/aromatic N) is 3. The third-order valence-corrected chi connectivity index (χ3v) is 5.21. The van der Waals surface area contributed by atoms with Crippen LogP contribution in [0, 0.1) is 0 Å². The van der Waals surface area contributed by atoms with Crippen LogP contribution in [0.3, 0.4) is 0 Å². The Labute approximate surface area is 170 Å². The highest BCUT2D eigenvalue weighted by atomic mass is 35.5. The SMILES string of the molecule is CCC(C)NC(=O)CCc1nc(C2=CCN(Cc3ccc(Cl)cc3)CC2)no1. The van der Waals surface area contributed by atoms with E-state index in [4.69, 9.17) is 16.1 Å². The summed E-state index contributed by atoms with van der Waals surface area (Å²) in [5.74, 6) is 1.17. The van der Waals surface area contributed by atoms with Gasteiger partial charge in [0, 0.05) is 43.5 Å². The summed E-state index contributed by atoms with van der Waals surface area (Å²) in [5.41, 5.74) is 2.35. The summed E-state index contributed by atoms with van der Waals surface area (Å²) in [7, 11) is 0. The molecular formula is C21H27ClN4O2. The molecule has 1 aromatic heterocycles. The largest absolute Gasteiger partial charge is 0.354 e. The first-order valence-corrected chi connectivity index (χ1v) is 10.2. The first-order chi connectivity index (χ1) is 13.5. The molecular weight excluding hydrogens is 376 g/mol. The summed E-state index contributed by atoms with van der Waals surface area (Å²) < 4.78 is 5.33. The molecule has 0 aliphatic carbocycles. The topological polar surface area (TPSA) is 71.3 Å². The van der Waals surface area contributed by atoms with Crippen LogP contribution in [0.1, 0.15) is 50.4 Å². The second kappa shape index (κ2) is 9.85. The number of amides is 1. The quantitative estimate of drug-likeness (QED) is 0.725. The van der Waals surface area contributed by atoms with Gasteiger partial charge in [-0.3, -0.25) is 9.69 Å².